The number of furan rings is 1. The summed E-state index contributed by atoms with van der Waals surface area (Å²) < 4.78 is 5.48. The zero-order valence-electron chi connectivity index (χ0n) is 12.5. The average Bonchev–Trinajstić information content (AvgIpc) is 2.88. The number of carbonyl (C=O) groups excluding carboxylic acids is 1. The molecule has 0 spiro atoms. The maximum atomic E-state index is 12.4. The first-order valence-corrected chi connectivity index (χ1v) is 7.63. The summed E-state index contributed by atoms with van der Waals surface area (Å²) in [6.07, 6.45) is 4.72. The molecule has 2 rings (SSSR count). The third-order valence-corrected chi connectivity index (χ3v) is 4.02. The predicted molar refractivity (Wildman–Crippen MR) is 78.0 cm³/mol. The van der Waals surface area contributed by atoms with Crippen molar-refractivity contribution < 1.29 is 19.1 Å². The Balaban J connectivity index is 1.87. The van der Waals surface area contributed by atoms with Crippen LogP contribution in [0.25, 0.3) is 0 Å². The summed E-state index contributed by atoms with van der Waals surface area (Å²) in [5.74, 6) is 1.01. The lowest BCUT2D eigenvalue weighted by molar-refractivity contribution is -0.140. The van der Waals surface area contributed by atoms with Crippen molar-refractivity contribution >= 4 is 11.9 Å². The molecule has 1 amide bonds. The van der Waals surface area contributed by atoms with Gasteiger partial charge in [-0.1, -0.05) is 0 Å². The van der Waals surface area contributed by atoms with E-state index in [-0.39, 0.29) is 18.4 Å². The van der Waals surface area contributed by atoms with Crippen LogP contribution in [-0.4, -0.2) is 34.5 Å². The second-order valence-corrected chi connectivity index (χ2v) is 5.68. The normalized spacial score (nSPS) is 18.7. The van der Waals surface area contributed by atoms with Gasteiger partial charge in [0.05, 0.1) is 0 Å². The van der Waals surface area contributed by atoms with E-state index in [1.54, 1.807) is 0 Å². The van der Waals surface area contributed by atoms with Crippen LogP contribution in [0, 0.1) is 6.92 Å². The zero-order chi connectivity index (χ0) is 15.2. The Morgan fingerprint density at radius 2 is 2.14 bits per heavy atom. The maximum absolute atomic E-state index is 12.4. The van der Waals surface area contributed by atoms with Crippen LogP contribution in [-0.2, 0) is 16.0 Å². The predicted octanol–water partition coefficient (Wildman–Crippen LogP) is 2.77. The van der Waals surface area contributed by atoms with E-state index in [0.29, 0.717) is 19.3 Å². The van der Waals surface area contributed by atoms with E-state index in [4.69, 9.17) is 9.52 Å². The van der Waals surface area contributed by atoms with Crippen molar-refractivity contribution in [3.05, 3.63) is 23.7 Å². The molecule has 21 heavy (non-hydrogen) atoms. The molecule has 5 nitrogen and oxygen atoms in total. The molecule has 1 aliphatic rings. The number of piperidine rings is 1. The Labute approximate surface area is 124 Å². The molecule has 1 unspecified atom stereocenters. The van der Waals surface area contributed by atoms with Crippen molar-refractivity contribution in [2.24, 2.45) is 0 Å². The Kier molecular flexibility index (Phi) is 5.42. The Morgan fingerprint density at radius 3 is 2.81 bits per heavy atom. The van der Waals surface area contributed by atoms with Crippen LogP contribution in [0.5, 0.6) is 0 Å². The van der Waals surface area contributed by atoms with Crippen LogP contribution in [0.15, 0.2) is 16.5 Å². The van der Waals surface area contributed by atoms with Gasteiger partial charge in [0.2, 0.25) is 5.91 Å². The molecule has 5 heteroatoms. The van der Waals surface area contributed by atoms with Crippen LogP contribution in [0.1, 0.15) is 50.0 Å². The lowest BCUT2D eigenvalue weighted by atomic mass is 9.97. The highest BCUT2D eigenvalue weighted by Crippen LogP contribution is 2.22. The summed E-state index contributed by atoms with van der Waals surface area (Å²) >= 11 is 0. The second-order valence-electron chi connectivity index (χ2n) is 5.68. The molecular weight excluding hydrogens is 270 g/mol. The summed E-state index contributed by atoms with van der Waals surface area (Å²) in [4.78, 5) is 25.0. The van der Waals surface area contributed by atoms with E-state index >= 15 is 0 Å². The fraction of sp³-hybridized carbons (Fsp3) is 0.625. The Bertz CT molecular complexity index is 494. The molecule has 1 aromatic rings. The number of amides is 1. The SMILES string of the molecule is Cc1ccc(CCC(=O)N2CCCCC2CCC(=O)O)o1. The lowest BCUT2D eigenvalue weighted by Crippen LogP contribution is -2.44. The molecule has 0 aromatic carbocycles. The quantitative estimate of drug-likeness (QED) is 0.875. The first kappa shape index (κ1) is 15.6. The number of hydrogen-bond acceptors (Lipinski definition) is 3. The smallest absolute Gasteiger partial charge is 0.303 e. The molecule has 1 aromatic heterocycles. The molecule has 0 saturated carbocycles. The van der Waals surface area contributed by atoms with E-state index in [2.05, 4.69) is 0 Å². The number of likely N-dealkylation sites (tertiary alicyclic amines) is 1. The molecule has 1 atom stereocenters. The number of aliphatic carboxylic acids is 1. The van der Waals surface area contributed by atoms with Crippen LogP contribution < -0.4 is 0 Å². The molecule has 0 radical (unpaired) electrons. The summed E-state index contributed by atoms with van der Waals surface area (Å²) in [6.45, 7) is 2.64. The second kappa shape index (κ2) is 7.29. The Morgan fingerprint density at radius 1 is 1.33 bits per heavy atom. The third-order valence-electron chi connectivity index (χ3n) is 4.02. The van der Waals surface area contributed by atoms with Crippen LogP contribution in [0.3, 0.4) is 0 Å². The van der Waals surface area contributed by atoms with Crippen LogP contribution >= 0.6 is 0 Å². The number of rotatable bonds is 6. The van der Waals surface area contributed by atoms with Crippen molar-refractivity contribution in [3.8, 4) is 0 Å². The summed E-state index contributed by atoms with van der Waals surface area (Å²) in [5, 5.41) is 8.81. The molecule has 0 aliphatic carbocycles. The summed E-state index contributed by atoms with van der Waals surface area (Å²) in [5.41, 5.74) is 0. The maximum Gasteiger partial charge on any atom is 0.303 e. The molecule has 1 saturated heterocycles. The molecule has 1 fully saturated rings. The largest absolute Gasteiger partial charge is 0.481 e. The topological polar surface area (TPSA) is 70.8 Å². The number of carbonyl (C=O) groups is 2. The van der Waals surface area contributed by atoms with Crippen LogP contribution in [0.4, 0.5) is 0 Å². The minimum absolute atomic E-state index is 0.0840. The lowest BCUT2D eigenvalue weighted by Gasteiger charge is -2.35. The minimum atomic E-state index is -0.793. The van der Waals surface area contributed by atoms with Crippen molar-refractivity contribution in [3.63, 3.8) is 0 Å². The van der Waals surface area contributed by atoms with Gasteiger partial charge in [-0.15, -0.1) is 0 Å². The van der Waals surface area contributed by atoms with Gasteiger partial charge in [0.15, 0.2) is 0 Å². The van der Waals surface area contributed by atoms with Crippen molar-refractivity contribution in [2.45, 2.75) is 57.9 Å². The number of carboxylic acid groups (broad SMARTS) is 1. The third kappa shape index (κ3) is 4.62. The molecule has 0 bridgehead atoms. The van der Waals surface area contributed by atoms with Crippen molar-refractivity contribution in [2.75, 3.05) is 6.54 Å². The van der Waals surface area contributed by atoms with Crippen molar-refractivity contribution in [1.29, 1.82) is 0 Å². The average molecular weight is 293 g/mol. The summed E-state index contributed by atoms with van der Waals surface area (Å²) in [6, 6.07) is 3.89. The van der Waals surface area contributed by atoms with Gasteiger partial charge in [-0.05, 0) is 44.7 Å². The van der Waals surface area contributed by atoms with Crippen LogP contribution in [0.2, 0.25) is 0 Å². The van der Waals surface area contributed by atoms with E-state index in [1.807, 2.05) is 24.0 Å². The fourth-order valence-corrected chi connectivity index (χ4v) is 2.91. The molecule has 1 aliphatic heterocycles. The number of hydrogen-bond donors (Lipinski definition) is 1. The molecule has 2 heterocycles. The number of nitrogens with zero attached hydrogens (tertiary/aromatic N) is 1. The zero-order valence-corrected chi connectivity index (χ0v) is 12.5. The van der Waals surface area contributed by atoms with E-state index in [1.165, 1.54) is 0 Å². The minimum Gasteiger partial charge on any atom is -0.481 e. The van der Waals surface area contributed by atoms with Gasteiger partial charge in [0.1, 0.15) is 11.5 Å². The van der Waals surface area contributed by atoms with Gasteiger partial charge in [-0.25, -0.2) is 0 Å². The molecule has 116 valence electrons. The van der Waals surface area contributed by atoms with Gasteiger partial charge in [-0.2, -0.15) is 0 Å². The van der Waals surface area contributed by atoms with Gasteiger partial charge in [-0.3, -0.25) is 9.59 Å². The monoisotopic (exact) mass is 293 g/mol. The van der Waals surface area contributed by atoms with E-state index in [9.17, 15) is 9.59 Å². The van der Waals surface area contributed by atoms with Gasteiger partial charge < -0.3 is 14.4 Å². The highest BCUT2D eigenvalue weighted by Gasteiger charge is 2.26. The summed E-state index contributed by atoms with van der Waals surface area (Å²) in [7, 11) is 0. The Hall–Kier alpha value is -1.78. The van der Waals surface area contributed by atoms with Gasteiger partial charge in [0.25, 0.3) is 0 Å². The molecular formula is C16H23NO4. The highest BCUT2D eigenvalue weighted by atomic mass is 16.4. The van der Waals surface area contributed by atoms with Crippen molar-refractivity contribution in [1.82, 2.24) is 4.90 Å². The fourth-order valence-electron chi connectivity index (χ4n) is 2.91. The van der Waals surface area contributed by atoms with E-state index in [0.717, 1.165) is 37.3 Å². The van der Waals surface area contributed by atoms with Gasteiger partial charge >= 0.3 is 5.97 Å². The standard InChI is InChI=1S/C16H23NO4/c1-12-5-7-14(21-12)8-9-15(18)17-11-3-2-4-13(17)6-10-16(19)20/h5,7,13H,2-4,6,8-11H2,1H3,(H,19,20). The first-order chi connectivity index (χ1) is 10.1. The molecule has 1 N–H and O–H groups in total. The first-order valence-electron chi connectivity index (χ1n) is 7.63. The highest BCUT2D eigenvalue weighted by molar-refractivity contribution is 5.77. The van der Waals surface area contributed by atoms with E-state index < -0.39 is 5.97 Å². The number of aryl methyl sites for hydroxylation is 2. The number of carboxylic acids is 1. The van der Waals surface area contributed by atoms with Gasteiger partial charge in [0, 0.05) is 31.8 Å².